The van der Waals surface area contributed by atoms with Crippen LogP contribution in [0.2, 0.25) is 0 Å². The largest absolute Gasteiger partial charge is 0.299 e. The van der Waals surface area contributed by atoms with Crippen LogP contribution >= 0.6 is 15.9 Å². The molecule has 2 atom stereocenters. The molecule has 2 heteroatoms. The van der Waals surface area contributed by atoms with E-state index in [1.165, 1.54) is 70.6 Å². The number of carbonyl (C=O) groups excluding carboxylic acids is 1. The topological polar surface area (TPSA) is 17.1 Å². The van der Waals surface area contributed by atoms with Gasteiger partial charge in [0.15, 0.2) is 0 Å². The van der Waals surface area contributed by atoms with E-state index in [9.17, 15) is 4.79 Å². The van der Waals surface area contributed by atoms with E-state index in [1.54, 1.807) is 0 Å². The first-order chi connectivity index (χ1) is 11.3. The van der Waals surface area contributed by atoms with Gasteiger partial charge in [-0.3, -0.25) is 4.79 Å². The number of hydrogen-bond donors (Lipinski definition) is 0. The Morgan fingerprint density at radius 2 is 1.70 bits per heavy atom. The molecule has 2 saturated carbocycles. The standard InChI is InChI=1S/C21H35BrO/c22-17-8-3-1-2-7-14-20-19(15-16-21(20)23)13-9-12-18-10-5-4-6-11-18/h9,13,18-20H,1-8,10-12,14-17H2/b13-9+/t19-,20+/m0/s1. The van der Waals surface area contributed by atoms with E-state index in [-0.39, 0.29) is 0 Å². The quantitative estimate of drug-likeness (QED) is 0.229. The number of carbonyl (C=O) groups is 1. The Labute approximate surface area is 151 Å². The summed E-state index contributed by atoms with van der Waals surface area (Å²) < 4.78 is 0. The second kappa shape index (κ2) is 11.4. The minimum Gasteiger partial charge on any atom is -0.299 e. The lowest BCUT2D eigenvalue weighted by molar-refractivity contribution is -0.121. The molecule has 0 aromatic rings. The average molecular weight is 383 g/mol. The van der Waals surface area contributed by atoms with Crippen LogP contribution in [0.3, 0.4) is 0 Å². The van der Waals surface area contributed by atoms with Crippen molar-refractivity contribution in [3.63, 3.8) is 0 Å². The van der Waals surface area contributed by atoms with E-state index in [0.717, 1.165) is 30.5 Å². The molecule has 2 aliphatic carbocycles. The van der Waals surface area contributed by atoms with Crippen LogP contribution in [-0.2, 0) is 4.79 Å². The third-order valence-electron chi connectivity index (χ3n) is 5.88. The third kappa shape index (κ3) is 7.11. The molecule has 2 rings (SSSR count). The Morgan fingerprint density at radius 3 is 2.48 bits per heavy atom. The molecule has 0 radical (unpaired) electrons. The summed E-state index contributed by atoms with van der Waals surface area (Å²) in [5.41, 5.74) is 0. The normalized spacial score (nSPS) is 26.4. The van der Waals surface area contributed by atoms with Gasteiger partial charge in [0.2, 0.25) is 0 Å². The van der Waals surface area contributed by atoms with E-state index < -0.39 is 0 Å². The number of ketones is 1. The van der Waals surface area contributed by atoms with Gasteiger partial charge in [-0.05, 0) is 37.5 Å². The van der Waals surface area contributed by atoms with Crippen molar-refractivity contribution < 1.29 is 4.79 Å². The number of allylic oxidation sites excluding steroid dienone is 2. The van der Waals surface area contributed by atoms with E-state index in [2.05, 4.69) is 28.1 Å². The molecule has 0 bridgehead atoms. The summed E-state index contributed by atoms with van der Waals surface area (Å²) in [7, 11) is 0. The molecular weight excluding hydrogens is 348 g/mol. The average Bonchev–Trinajstić information content (AvgIpc) is 2.92. The molecule has 0 amide bonds. The number of unbranched alkanes of at least 4 members (excludes halogenated alkanes) is 4. The van der Waals surface area contributed by atoms with Crippen molar-refractivity contribution in [2.75, 3.05) is 5.33 Å². The first kappa shape index (κ1) is 19.2. The van der Waals surface area contributed by atoms with Gasteiger partial charge in [-0.1, -0.05) is 85.9 Å². The summed E-state index contributed by atoms with van der Waals surface area (Å²) in [5, 5.41) is 1.13. The van der Waals surface area contributed by atoms with Gasteiger partial charge >= 0.3 is 0 Å². The Balaban J connectivity index is 1.66. The van der Waals surface area contributed by atoms with Gasteiger partial charge < -0.3 is 0 Å². The van der Waals surface area contributed by atoms with Crippen LogP contribution in [0, 0.1) is 17.8 Å². The van der Waals surface area contributed by atoms with Crippen LogP contribution in [0.4, 0.5) is 0 Å². The van der Waals surface area contributed by atoms with Crippen LogP contribution < -0.4 is 0 Å². The smallest absolute Gasteiger partial charge is 0.136 e. The van der Waals surface area contributed by atoms with Crippen molar-refractivity contribution >= 4 is 21.7 Å². The Bertz CT molecular complexity index is 357. The molecular formula is C21H35BrO. The number of halogens is 1. The van der Waals surface area contributed by atoms with Crippen LogP contribution in [0.1, 0.15) is 89.9 Å². The summed E-state index contributed by atoms with van der Waals surface area (Å²) in [6.45, 7) is 0. The molecule has 132 valence electrons. The molecule has 0 aromatic carbocycles. The van der Waals surface area contributed by atoms with Crippen LogP contribution in [0.15, 0.2) is 12.2 Å². The Morgan fingerprint density at radius 1 is 0.957 bits per heavy atom. The summed E-state index contributed by atoms with van der Waals surface area (Å²) in [4.78, 5) is 12.2. The van der Waals surface area contributed by atoms with Gasteiger partial charge in [-0.2, -0.15) is 0 Å². The fraction of sp³-hybridized carbons (Fsp3) is 0.857. The molecule has 2 aliphatic rings. The van der Waals surface area contributed by atoms with E-state index in [0.29, 0.717) is 17.6 Å². The lowest BCUT2D eigenvalue weighted by atomic mass is 9.85. The number of hydrogen-bond acceptors (Lipinski definition) is 1. The molecule has 2 fully saturated rings. The predicted octanol–water partition coefficient (Wildman–Crippen LogP) is 6.84. The van der Waals surface area contributed by atoms with Crippen molar-refractivity contribution in [1.82, 2.24) is 0 Å². The van der Waals surface area contributed by atoms with Crippen LogP contribution in [0.25, 0.3) is 0 Å². The number of rotatable bonds is 10. The highest BCUT2D eigenvalue weighted by atomic mass is 79.9. The molecule has 0 N–H and O–H groups in total. The van der Waals surface area contributed by atoms with Gasteiger partial charge in [0.05, 0.1) is 0 Å². The zero-order valence-corrected chi connectivity index (χ0v) is 16.4. The monoisotopic (exact) mass is 382 g/mol. The lowest BCUT2D eigenvalue weighted by Crippen LogP contribution is -2.13. The van der Waals surface area contributed by atoms with Crippen LogP contribution in [0.5, 0.6) is 0 Å². The molecule has 1 nitrogen and oxygen atoms in total. The highest BCUT2D eigenvalue weighted by Gasteiger charge is 2.32. The highest BCUT2D eigenvalue weighted by Crippen LogP contribution is 2.34. The van der Waals surface area contributed by atoms with Gasteiger partial charge in [0.1, 0.15) is 5.78 Å². The molecule has 0 aromatic heterocycles. The summed E-state index contributed by atoms with van der Waals surface area (Å²) >= 11 is 3.49. The maximum Gasteiger partial charge on any atom is 0.136 e. The lowest BCUT2D eigenvalue weighted by Gasteiger charge is -2.20. The molecule has 23 heavy (non-hydrogen) atoms. The van der Waals surface area contributed by atoms with Crippen molar-refractivity contribution in [1.29, 1.82) is 0 Å². The second-order valence-electron chi connectivity index (χ2n) is 7.69. The fourth-order valence-corrected chi connectivity index (χ4v) is 4.79. The van der Waals surface area contributed by atoms with E-state index in [1.807, 2.05) is 0 Å². The van der Waals surface area contributed by atoms with E-state index >= 15 is 0 Å². The van der Waals surface area contributed by atoms with Crippen molar-refractivity contribution in [2.24, 2.45) is 17.8 Å². The van der Waals surface area contributed by atoms with Gasteiger partial charge in [0, 0.05) is 17.7 Å². The SMILES string of the molecule is O=C1CC[C@H](/C=C/CC2CCCCC2)[C@H]1CCCCCCCBr. The maximum absolute atomic E-state index is 12.2. The van der Waals surface area contributed by atoms with E-state index in [4.69, 9.17) is 0 Å². The predicted molar refractivity (Wildman–Crippen MR) is 103 cm³/mol. The zero-order chi connectivity index (χ0) is 16.3. The molecule has 0 unspecified atom stereocenters. The van der Waals surface area contributed by atoms with Crippen LogP contribution in [-0.4, -0.2) is 11.1 Å². The first-order valence-corrected chi connectivity index (χ1v) is 11.2. The summed E-state index contributed by atoms with van der Waals surface area (Å²) in [6.07, 6.45) is 22.8. The molecule has 0 heterocycles. The Hall–Kier alpha value is -0.110. The molecule has 0 aliphatic heterocycles. The van der Waals surface area contributed by atoms with Gasteiger partial charge in [-0.15, -0.1) is 0 Å². The first-order valence-electron chi connectivity index (χ1n) is 10.1. The molecule has 0 spiro atoms. The maximum atomic E-state index is 12.2. The van der Waals surface area contributed by atoms with Gasteiger partial charge in [-0.25, -0.2) is 0 Å². The number of alkyl halides is 1. The summed E-state index contributed by atoms with van der Waals surface area (Å²) in [6, 6.07) is 0. The Kier molecular flexibility index (Phi) is 9.56. The molecule has 0 saturated heterocycles. The fourth-order valence-electron chi connectivity index (χ4n) is 4.40. The second-order valence-corrected chi connectivity index (χ2v) is 8.48. The van der Waals surface area contributed by atoms with Crippen molar-refractivity contribution in [2.45, 2.75) is 89.9 Å². The highest BCUT2D eigenvalue weighted by molar-refractivity contribution is 9.09. The zero-order valence-electron chi connectivity index (χ0n) is 14.8. The van der Waals surface area contributed by atoms with Gasteiger partial charge in [0.25, 0.3) is 0 Å². The minimum atomic E-state index is 0.341. The summed E-state index contributed by atoms with van der Waals surface area (Å²) in [5.74, 6) is 2.35. The third-order valence-corrected chi connectivity index (χ3v) is 6.44. The van der Waals surface area contributed by atoms with Crippen molar-refractivity contribution in [3.05, 3.63) is 12.2 Å². The number of Topliss-reactive ketones (excluding diaryl/α,β-unsaturated/α-hetero) is 1. The minimum absolute atomic E-state index is 0.341. The van der Waals surface area contributed by atoms with Crippen molar-refractivity contribution in [3.8, 4) is 0 Å².